The molecule has 0 bridgehead atoms. The van der Waals surface area contributed by atoms with Crippen LogP contribution in [0.25, 0.3) is 16.7 Å². The molecule has 0 aliphatic carbocycles. The van der Waals surface area contributed by atoms with E-state index in [2.05, 4.69) is 15.5 Å². The summed E-state index contributed by atoms with van der Waals surface area (Å²) < 4.78 is 13.3. The minimum atomic E-state index is -0.171. The fourth-order valence-corrected chi connectivity index (χ4v) is 3.57. The third-order valence-electron chi connectivity index (χ3n) is 5.10. The van der Waals surface area contributed by atoms with Crippen molar-refractivity contribution in [2.75, 3.05) is 6.54 Å². The summed E-state index contributed by atoms with van der Waals surface area (Å²) in [5.41, 5.74) is 4.17. The first kappa shape index (κ1) is 17.6. The third kappa shape index (κ3) is 3.40. The molecule has 1 N–H and O–H groups in total. The highest BCUT2D eigenvalue weighted by molar-refractivity contribution is 5.84. The Morgan fingerprint density at radius 3 is 2.93 bits per heavy atom. The molecule has 0 saturated heterocycles. The molecule has 0 atom stereocenters. The quantitative estimate of drug-likeness (QED) is 0.579. The van der Waals surface area contributed by atoms with Crippen LogP contribution < -0.4 is 15.6 Å². The van der Waals surface area contributed by atoms with Gasteiger partial charge in [-0.05, 0) is 37.3 Å². The van der Waals surface area contributed by atoms with E-state index in [0.717, 1.165) is 47.6 Å². The van der Waals surface area contributed by atoms with Crippen LogP contribution in [0.2, 0.25) is 0 Å². The zero-order valence-corrected chi connectivity index (χ0v) is 16.0. The molecular weight excluding hydrogens is 368 g/mol. The lowest BCUT2D eigenvalue weighted by Gasteiger charge is -2.10. The first-order chi connectivity index (χ1) is 14.2. The number of fused-ring (bicyclic) bond motifs is 3. The van der Waals surface area contributed by atoms with Crippen LogP contribution in [0.15, 0.2) is 57.9 Å². The van der Waals surface area contributed by atoms with Crippen molar-refractivity contribution in [3.05, 3.63) is 81.7 Å². The van der Waals surface area contributed by atoms with Crippen molar-refractivity contribution in [1.82, 2.24) is 20.1 Å². The van der Waals surface area contributed by atoms with Gasteiger partial charge in [0.1, 0.15) is 29.4 Å². The molecule has 1 aliphatic heterocycles. The molecule has 29 heavy (non-hydrogen) atoms. The number of furan rings is 1. The molecule has 7 nitrogen and oxygen atoms in total. The minimum absolute atomic E-state index is 0.171. The first-order valence-corrected chi connectivity index (χ1v) is 9.57. The topological polar surface area (TPSA) is 82.2 Å². The summed E-state index contributed by atoms with van der Waals surface area (Å²) >= 11 is 0. The van der Waals surface area contributed by atoms with Crippen LogP contribution in [0.5, 0.6) is 5.75 Å². The number of rotatable bonds is 4. The van der Waals surface area contributed by atoms with E-state index in [-0.39, 0.29) is 12.2 Å². The van der Waals surface area contributed by atoms with E-state index < -0.39 is 0 Å². The highest BCUT2D eigenvalue weighted by Gasteiger charge is 2.17. The number of hydrogen-bond acceptors (Lipinski definition) is 6. The Hall–Kier alpha value is -3.45. The van der Waals surface area contributed by atoms with Crippen LogP contribution >= 0.6 is 0 Å². The van der Waals surface area contributed by atoms with E-state index in [1.165, 1.54) is 11.6 Å². The van der Waals surface area contributed by atoms with Gasteiger partial charge in [-0.25, -0.2) is 0 Å². The Bertz CT molecular complexity index is 1240. The summed E-state index contributed by atoms with van der Waals surface area (Å²) in [7, 11) is 0. The molecule has 1 aromatic carbocycles. The van der Waals surface area contributed by atoms with E-state index >= 15 is 0 Å². The molecule has 0 radical (unpaired) electrons. The molecule has 3 aromatic heterocycles. The van der Waals surface area contributed by atoms with Crippen LogP contribution in [0.3, 0.4) is 0 Å². The minimum Gasteiger partial charge on any atom is -0.487 e. The number of nitrogens with zero attached hydrogens (tertiary/aromatic N) is 3. The van der Waals surface area contributed by atoms with E-state index in [4.69, 9.17) is 9.15 Å². The maximum Gasteiger partial charge on any atom is 0.258 e. The smallest absolute Gasteiger partial charge is 0.258 e. The van der Waals surface area contributed by atoms with Crippen molar-refractivity contribution in [3.8, 4) is 11.4 Å². The maximum absolute atomic E-state index is 12.6. The highest BCUT2D eigenvalue weighted by atomic mass is 16.5. The number of hydrogen-bond donors (Lipinski definition) is 1. The molecule has 4 heterocycles. The van der Waals surface area contributed by atoms with Gasteiger partial charge >= 0.3 is 0 Å². The van der Waals surface area contributed by atoms with E-state index in [0.29, 0.717) is 11.4 Å². The summed E-state index contributed by atoms with van der Waals surface area (Å²) in [6.45, 7) is 3.88. The molecule has 5 rings (SSSR count). The zero-order chi connectivity index (χ0) is 19.8. The van der Waals surface area contributed by atoms with Crippen molar-refractivity contribution < 1.29 is 9.15 Å². The van der Waals surface area contributed by atoms with Crippen LogP contribution in [-0.2, 0) is 19.6 Å². The number of aromatic nitrogens is 3. The van der Waals surface area contributed by atoms with Gasteiger partial charge in [-0.3, -0.25) is 9.36 Å². The lowest BCUT2D eigenvalue weighted by atomic mass is 10.1. The van der Waals surface area contributed by atoms with Crippen LogP contribution in [-0.4, -0.2) is 21.3 Å². The molecule has 4 aromatic rings. The molecule has 1 aliphatic rings. The van der Waals surface area contributed by atoms with Crippen molar-refractivity contribution >= 4 is 11.0 Å². The summed E-state index contributed by atoms with van der Waals surface area (Å²) in [5.74, 6) is 1.53. The average molecular weight is 388 g/mol. The Morgan fingerprint density at radius 2 is 2.10 bits per heavy atom. The summed E-state index contributed by atoms with van der Waals surface area (Å²) in [6, 6.07) is 12.9. The van der Waals surface area contributed by atoms with Gasteiger partial charge in [-0.15, -0.1) is 0 Å². The molecule has 146 valence electrons. The molecule has 7 heteroatoms. The summed E-state index contributed by atoms with van der Waals surface area (Å²) in [4.78, 5) is 12.6. The Kier molecular flexibility index (Phi) is 4.37. The SMILES string of the molecule is Cc1ccc(COc2ccn(-c3ccc4c5c(oc4c3)CCNC5)c(=O)c2)nn1. The number of aryl methyl sites for hydroxylation is 1. The molecule has 0 unspecified atom stereocenters. The second kappa shape index (κ2) is 7.18. The Balaban J connectivity index is 1.39. The van der Waals surface area contributed by atoms with Crippen molar-refractivity contribution in [2.45, 2.75) is 26.5 Å². The Morgan fingerprint density at radius 1 is 1.17 bits per heavy atom. The van der Waals surface area contributed by atoms with Crippen LogP contribution in [0.1, 0.15) is 22.7 Å². The third-order valence-corrected chi connectivity index (χ3v) is 5.10. The molecule has 0 amide bonds. The van der Waals surface area contributed by atoms with Gasteiger partial charge in [0.25, 0.3) is 5.56 Å². The van der Waals surface area contributed by atoms with Gasteiger partial charge in [0, 0.05) is 48.8 Å². The van der Waals surface area contributed by atoms with Gasteiger partial charge < -0.3 is 14.5 Å². The first-order valence-electron chi connectivity index (χ1n) is 9.57. The van der Waals surface area contributed by atoms with Crippen molar-refractivity contribution in [1.29, 1.82) is 0 Å². The lowest BCUT2D eigenvalue weighted by molar-refractivity contribution is 0.299. The van der Waals surface area contributed by atoms with Crippen molar-refractivity contribution in [3.63, 3.8) is 0 Å². The maximum atomic E-state index is 12.6. The predicted molar refractivity (Wildman–Crippen MR) is 108 cm³/mol. The standard InChI is InChI=1S/C22H20N4O3/c1-14-2-3-15(25-24-14)13-28-17-7-9-26(22(27)11-17)16-4-5-18-19-12-23-8-6-20(19)29-21(18)10-16/h2-5,7,9-11,23H,6,8,12-13H2,1H3. The largest absolute Gasteiger partial charge is 0.487 e. The fourth-order valence-electron chi connectivity index (χ4n) is 3.57. The van der Waals surface area contributed by atoms with Gasteiger partial charge in [0.05, 0.1) is 11.4 Å². The van der Waals surface area contributed by atoms with E-state index in [1.807, 2.05) is 37.3 Å². The van der Waals surface area contributed by atoms with E-state index in [1.54, 1.807) is 16.8 Å². The predicted octanol–water partition coefficient (Wildman–Crippen LogP) is 2.91. The second-order valence-electron chi connectivity index (χ2n) is 7.14. The normalized spacial score (nSPS) is 13.4. The average Bonchev–Trinajstić information content (AvgIpc) is 3.11. The van der Waals surface area contributed by atoms with Gasteiger partial charge in [0.2, 0.25) is 0 Å². The zero-order valence-electron chi connectivity index (χ0n) is 16.0. The molecule has 0 fully saturated rings. The van der Waals surface area contributed by atoms with E-state index in [9.17, 15) is 4.79 Å². The monoisotopic (exact) mass is 388 g/mol. The van der Waals surface area contributed by atoms with Gasteiger partial charge in [0.15, 0.2) is 0 Å². The number of nitrogens with one attached hydrogen (secondary N) is 1. The van der Waals surface area contributed by atoms with Crippen LogP contribution in [0, 0.1) is 6.92 Å². The second-order valence-corrected chi connectivity index (χ2v) is 7.14. The number of benzene rings is 1. The Labute approximate surface area is 167 Å². The number of ether oxygens (including phenoxy) is 1. The van der Waals surface area contributed by atoms with Gasteiger partial charge in [-0.1, -0.05) is 0 Å². The van der Waals surface area contributed by atoms with Crippen molar-refractivity contribution in [2.24, 2.45) is 0 Å². The highest BCUT2D eigenvalue weighted by Crippen LogP contribution is 2.29. The lowest BCUT2D eigenvalue weighted by Crippen LogP contribution is -2.22. The van der Waals surface area contributed by atoms with Gasteiger partial charge in [-0.2, -0.15) is 10.2 Å². The molecule has 0 spiro atoms. The molecular formula is C22H20N4O3. The fraction of sp³-hybridized carbons (Fsp3) is 0.227. The molecule has 0 saturated carbocycles. The summed E-state index contributed by atoms with van der Waals surface area (Å²) in [5, 5.41) is 12.5. The number of pyridine rings is 1. The summed E-state index contributed by atoms with van der Waals surface area (Å²) in [6.07, 6.45) is 2.60. The van der Waals surface area contributed by atoms with Crippen LogP contribution in [0.4, 0.5) is 0 Å².